The Morgan fingerprint density at radius 2 is 2.22 bits per heavy atom. The maximum absolute atomic E-state index is 14.9. The predicted octanol–water partition coefficient (Wildman–Crippen LogP) is 0.445. The van der Waals surface area contributed by atoms with E-state index in [2.05, 4.69) is 20.2 Å². The molecule has 0 spiro atoms. The number of carbonyl (C=O) groups is 1. The Balaban J connectivity index is 1.98. The number of aliphatic imine (C=N–C) groups is 1. The molecule has 0 bridgehead atoms. The van der Waals surface area contributed by atoms with E-state index < -0.39 is 28.3 Å². The summed E-state index contributed by atoms with van der Waals surface area (Å²) >= 11 is 1.19. The molecular formula is C15H15FN6O4S. The Morgan fingerprint density at radius 3 is 2.81 bits per heavy atom. The molecule has 4 N–H and O–H groups in total. The zero-order valence-electron chi connectivity index (χ0n) is 14.0. The quantitative estimate of drug-likeness (QED) is 0.431. The molecule has 142 valence electrons. The van der Waals surface area contributed by atoms with Crippen LogP contribution in [0.3, 0.4) is 0 Å². The summed E-state index contributed by atoms with van der Waals surface area (Å²) in [6, 6.07) is -0.196. The van der Waals surface area contributed by atoms with Crippen molar-refractivity contribution in [3.05, 3.63) is 33.4 Å². The van der Waals surface area contributed by atoms with Crippen LogP contribution in [0.15, 0.2) is 16.0 Å². The molecule has 2 aromatic heterocycles. The van der Waals surface area contributed by atoms with Gasteiger partial charge in [0.2, 0.25) is 5.43 Å². The number of carboxylic acid groups (broad SMARTS) is 1. The molecule has 1 atom stereocenters. The summed E-state index contributed by atoms with van der Waals surface area (Å²) in [7, 11) is 0. The Bertz CT molecular complexity index is 1040. The van der Waals surface area contributed by atoms with Gasteiger partial charge in [0, 0.05) is 24.8 Å². The highest BCUT2D eigenvalue weighted by Gasteiger charge is 2.32. The summed E-state index contributed by atoms with van der Waals surface area (Å²) in [4.78, 5) is 34.3. The number of hydroxylamine groups is 1. The third-order valence-electron chi connectivity index (χ3n) is 4.58. The Hall–Kier alpha value is -2.70. The third kappa shape index (κ3) is 2.72. The summed E-state index contributed by atoms with van der Waals surface area (Å²) in [5.41, 5.74) is 0.441. The molecule has 0 saturated carbocycles. The van der Waals surface area contributed by atoms with Crippen molar-refractivity contribution in [3.63, 3.8) is 0 Å². The van der Waals surface area contributed by atoms with Crippen molar-refractivity contribution in [2.75, 3.05) is 18.0 Å². The monoisotopic (exact) mass is 394 g/mol. The van der Waals surface area contributed by atoms with Gasteiger partial charge in [0.25, 0.3) is 0 Å². The van der Waals surface area contributed by atoms with E-state index in [4.69, 9.17) is 5.21 Å². The van der Waals surface area contributed by atoms with E-state index in [0.29, 0.717) is 13.1 Å². The highest BCUT2D eigenvalue weighted by molar-refractivity contribution is 7.98. The molecule has 0 aliphatic carbocycles. The molecule has 4 heterocycles. The van der Waals surface area contributed by atoms with Gasteiger partial charge in [-0.15, -0.1) is 0 Å². The summed E-state index contributed by atoms with van der Waals surface area (Å²) in [5, 5.41) is 18.2. The van der Waals surface area contributed by atoms with E-state index in [1.165, 1.54) is 36.0 Å². The fourth-order valence-electron chi connectivity index (χ4n) is 3.11. The van der Waals surface area contributed by atoms with Crippen LogP contribution in [0, 0.1) is 12.7 Å². The number of fused-ring (bicyclic) bond motifs is 1. The molecule has 1 saturated heterocycles. The number of halogens is 1. The lowest BCUT2D eigenvalue weighted by atomic mass is 10.1. The lowest BCUT2D eigenvalue weighted by Crippen LogP contribution is -2.57. The van der Waals surface area contributed by atoms with Gasteiger partial charge in [-0.05, 0) is 18.9 Å². The van der Waals surface area contributed by atoms with Gasteiger partial charge in [-0.3, -0.25) is 9.36 Å². The van der Waals surface area contributed by atoms with E-state index in [1.807, 2.05) is 0 Å². The molecular weight excluding hydrogens is 379 g/mol. The molecule has 0 amide bonds. The minimum Gasteiger partial charge on any atom is -0.477 e. The lowest BCUT2D eigenvalue weighted by molar-refractivity contribution is 0.0695. The van der Waals surface area contributed by atoms with Crippen molar-refractivity contribution in [1.29, 1.82) is 0 Å². The number of nitrogens with one attached hydrogen (secondary N) is 2. The first-order chi connectivity index (χ1) is 12.9. The number of nitrogens with zero attached hydrogens (tertiary/aromatic N) is 4. The van der Waals surface area contributed by atoms with Gasteiger partial charge in [-0.25, -0.2) is 19.2 Å². The van der Waals surface area contributed by atoms with Gasteiger partial charge in [0.1, 0.15) is 11.2 Å². The van der Waals surface area contributed by atoms with Crippen LogP contribution in [0.5, 0.6) is 0 Å². The highest BCUT2D eigenvalue weighted by atomic mass is 32.2. The number of rotatable bonds is 4. The SMILES string of the molecule is Cc1c(F)c(N2CC(NO)C2)nc2c1c(=O)c(C(=O)O)cn2C1N=CNS1. The van der Waals surface area contributed by atoms with Gasteiger partial charge in [-0.1, -0.05) is 0 Å². The number of hydrogen-bond donors (Lipinski definition) is 4. The first kappa shape index (κ1) is 17.7. The largest absolute Gasteiger partial charge is 0.477 e. The molecule has 2 aliphatic heterocycles. The minimum atomic E-state index is -1.40. The molecule has 2 aliphatic rings. The van der Waals surface area contributed by atoms with Gasteiger partial charge >= 0.3 is 5.97 Å². The van der Waals surface area contributed by atoms with E-state index in [0.717, 1.165) is 0 Å². The van der Waals surface area contributed by atoms with Crippen LogP contribution in [-0.2, 0) is 0 Å². The lowest BCUT2D eigenvalue weighted by Gasteiger charge is -2.39. The number of anilines is 1. The maximum atomic E-state index is 14.9. The van der Waals surface area contributed by atoms with Crippen LogP contribution in [-0.4, -0.2) is 51.3 Å². The van der Waals surface area contributed by atoms with E-state index >= 15 is 0 Å². The van der Waals surface area contributed by atoms with Crippen LogP contribution < -0.4 is 20.5 Å². The third-order valence-corrected chi connectivity index (χ3v) is 5.38. The average Bonchev–Trinajstić information content (AvgIpc) is 3.12. The second kappa shape index (κ2) is 6.48. The fourth-order valence-corrected chi connectivity index (χ4v) is 3.75. The highest BCUT2D eigenvalue weighted by Crippen LogP contribution is 2.32. The first-order valence-electron chi connectivity index (χ1n) is 7.98. The zero-order valence-corrected chi connectivity index (χ0v) is 14.8. The Kier molecular flexibility index (Phi) is 4.25. The maximum Gasteiger partial charge on any atom is 0.341 e. The van der Waals surface area contributed by atoms with Crippen LogP contribution >= 0.6 is 11.9 Å². The van der Waals surface area contributed by atoms with E-state index in [1.54, 1.807) is 4.90 Å². The van der Waals surface area contributed by atoms with Crippen molar-refractivity contribution >= 4 is 41.1 Å². The van der Waals surface area contributed by atoms with Gasteiger partial charge in [0.05, 0.1) is 17.8 Å². The standard InChI is InChI=1S/C15H15FN6O4S/c1-6-9-11(23)8(14(24)25)4-22(15-17-5-18-27-15)12(9)19-13(10(6)16)21-2-7(3-21)20-26/h4-5,7,15,20,26H,2-3H2,1H3,(H,17,18)(H,24,25). The van der Waals surface area contributed by atoms with Crippen LogP contribution in [0.4, 0.5) is 10.2 Å². The van der Waals surface area contributed by atoms with Crippen molar-refractivity contribution in [2.24, 2.45) is 4.99 Å². The van der Waals surface area contributed by atoms with Crippen LogP contribution in [0.1, 0.15) is 21.4 Å². The van der Waals surface area contributed by atoms with Gasteiger partial charge in [-0.2, -0.15) is 5.48 Å². The number of aryl methyl sites for hydroxylation is 1. The number of carboxylic acids is 1. The molecule has 27 heavy (non-hydrogen) atoms. The molecule has 0 radical (unpaired) electrons. The molecule has 1 fully saturated rings. The number of hydrogen-bond acceptors (Lipinski definition) is 9. The van der Waals surface area contributed by atoms with E-state index in [9.17, 15) is 19.1 Å². The molecule has 10 nitrogen and oxygen atoms in total. The van der Waals surface area contributed by atoms with Crippen molar-refractivity contribution in [3.8, 4) is 0 Å². The average molecular weight is 394 g/mol. The normalized spacial score (nSPS) is 19.4. The summed E-state index contributed by atoms with van der Waals surface area (Å²) in [5.74, 6) is -2.05. The first-order valence-corrected chi connectivity index (χ1v) is 8.86. The topological polar surface area (TPSA) is 132 Å². The van der Waals surface area contributed by atoms with Crippen LogP contribution in [0.25, 0.3) is 11.0 Å². The number of pyridine rings is 2. The molecule has 12 heteroatoms. The van der Waals surface area contributed by atoms with Crippen LogP contribution in [0.2, 0.25) is 0 Å². The fraction of sp³-hybridized carbons (Fsp3) is 0.333. The smallest absolute Gasteiger partial charge is 0.341 e. The number of aromatic nitrogens is 2. The van der Waals surface area contributed by atoms with Crippen molar-refractivity contribution in [1.82, 2.24) is 19.8 Å². The van der Waals surface area contributed by atoms with Crippen molar-refractivity contribution < 1.29 is 19.5 Å². The zero-order chi connectivity index (χ0) is 19.3. The predicted molar refractivity (Wildman–Crippen MR) is 96.8 cm³/mol. The Morgan fingerprint density at radius 1 is 1.48 bits per heavy atom. The second-order valence-corrected chi connectivity index (χ2v) is 7.12. The minimum absolute atomic E-state index is 0.0252. The van der Waals surface area contributed by atoms with Crippen molar-refractivity contribution in [2.45, 2.75) is 18.5 Å². The molecule has 0 aromatic carbocycles. The Labute approximate surface area is 155 Å². The second-order valence-electron chi connectivity index (χ2n) is 6.23. The molecule has 2 aromatic rings. The molecule has 4 rings (SSSR count). The molecule has 1 unspecified atom stereocenters. The summed E-state index contributed by atoms with van der Waals surface area (Å²) < 4.78 is 19.2. The van der Waals surface area contributed by atoms with Gasteiger partial charge in [0.15, 0.2) is 17.1 Å². The summed E-state index contributed by atoms with van der Waals surface area (Å²) in [6.07, 6.45) is 2.63. The number of aromatic carboxylic acids is 1. The summed E-state index contributed by atoms with van der Waals surface area (Å²) in [6.45, 7) is 2.12. The van der Waals surface area contributed by atoms with E-state index in [-0.39, 0.29) is 28.5 Å². The van der Waals surface area contributed by atoms with Gasteiger partial charge < -0.3 is 19.9 Å².